The van der Waals surface area contributed by atoms with Crippen LogP contribution in [-0.4, -0.2) is 15.3 Å². The molecule has 0 aliphatic carbocycles. The minimum Gasteiger partial charge on any atom is -0.508 e. The third kappa shape index (κ3) is 4.75. The number of aromatic hydroxyl groups is 3. The van der Waals surface area contributed by atoms with E-state index in [-0.39, 0.29) is 11.5 Å². The summed E-state index contributed by atoms with van der Waals surface area (Å²) in [4.78, 5) is 0. The van der Waals surface area contributed by atoms with E-state index in [1.165, 1.54) is 18.2 Å². The lowest BCUT2D eigenvalue weighted by atomic mass is 10.2. The van der Waals surface area contributed by atoms with E-state index in [9.17, 15) is 0 Å². The van der Waals surface area contributed by atoms with Crippen LogP contribution in [0.5, 0.6) is 17.2 Å². The summed E-state index contributed by atoms with van der Waals surface area (Å²) < 4.78 is 0. The Labute approximate surface area is 99.9 Å². The van der Waals surface area contributed by atoms with Gasteiger partial charge in [-0.1, -0.05) is 30.9 Å². The molecule has 0 aliphatic rings. The van der Waals surface area contributed by atoms with E-state index >= 15 is 0 Å². The number of phenolic OH excluding ortho intramolecular Hbond substituents is 3. The van der Waals surface area contributed by atoms with Gasteiger partial charge >= 0.3 is 0 Å². The first kappa shape index (κ1) is 12.6. The van der Waals surface area contributed by atoms with Gasteiger partial charge in [-0.05, 0) is 29.8 Å². The third-order valence-corrected chi connectivity index (χ3v) is 1.92. The van der Waals surface area contributed by atoms with Crippen LogP contribution < -0.4 is 0 Å². The van der Waals surface area contributed by atoms with Crippen LogP contribution in [-0.2, 0) is 0 Å². The Morgan fingerprint density at radius 1 is 0.765 bits per heavy atom. The third-order valence-electron chi connectivity index (χ3n) is 1.92. The highest BCUT2D eigenvalue weighted by molar-refractivity contribution is 5.52. The van der Waals surface area contributed by atoms with Crippen LogP contribution in [0.1, 0.15) is 5.56 Å². The molecule has 0 heterocycles. The van der Waals surface area contributed by atoms with Gasteiger partial charge in [-0.25, -0.2) is 0 Å². The van der Waals surface area contributed by atoms with Gasteiger partial charge in [0.15, 0.2) is 0 Å². The zero-order valence-corrected chi connectivity index (χ0v) is 9.24. The lowest BCUT2D eigenvalue weighted by Gasteiger charge is -1.96. The molecule has 88 valence electrons. The summed E-state index contributed by atoms with van der Waals surface area (Å²) in [5.74, 6) is 0.423. The number of benzene rings is 2. The first-order valence-electron chi connectivity index (χ1n) is 5.01. The average molecular weight is 230 g/mol. The van der Waals surface area contributed by atoms with Crippen LogP contribution in [0.3, 0.4) is 0 Å². The van der Waals surface area contributed by atoms with Crippen LogP contribution in [0.25, 0.3) is 6.08 Å². The molecule has 0 bridgehead atoms. The van der Waals surface area contributed by atoms with Crippen molar-refractivity contribution in [1.82, 2.24) is 0 Å². The summed E-state index contributed by atoms with van der Waals surface area (Å²) in [6.45, 7) is 3.49. The van der Waals surface area contributed by atoms with Crippen molar-refractivity contribution in [2.45, 2.75) is 0 Å². The summed E-state index contributed by atoms with van der Waals surface area (Å²) in [5.41, 5.74) is 0.706. The molecular formula is C14H14O3. The van der Waals surface area contributed by atoms with Crippen LogP contribution in [0.2, 0.25) is 0 Å². The number of hydrogen-bond acceptors (Lipinski definition) is 3. The van der Waals surface area contributed by atoms with Gasteiger partial charge in [0.2, 0.25) is 0 Å². The van der Waals surface area contributed by atoms with E-state index < -0.39 is 0 Å². The molecule has 0 radical (unpaired) electrons. The van der Waals surface area contributed by atoms with E-state index in [0.29, 0.717) is 11.3 Å². The van der Waals surface area contributed by atoms with Crippen molar-refractivity contribution >= 4 is 6.08 Å². The maximum atomic E-state index is 8.92. The largest absolute Gasteiger partial charge is 0.508 e. The van der Waals surface area contributed by atoms with Crippen LogP contribution in [0.4, 0.5) is 0 Å². The van der Waals surface area contributed by atoms with Gasteiger partial charge in [0, 0.05) is 6.07 Å². The first-order valence-corrected chi connectivity index (χ1v) is 5.01. The Balaban J connectivity index is 0.000000181. The Morgan fingerprint density at radius 2 is 1.29 bits per heavy atom. The van der Waals surface area contributed by atoms with Gasteiger partial charge in [0.05, 0.1) is 0 Å². The van der Waals surface area contributed by atoms with Crippen LogP contribution >= 0.6 is 0 Å². The molecule has 3 nitrogen and oxygen atoms in total. The van der Waals surface area contributed by atoms with Crippen LogP contribution in [0, 0.1) is 0 Å². The molecule has 3 N–H and O–H groups in total. The molecule has 0 saturated heterocycles. The highest BCUT2D eigenvalue weighted by atomic mass is 16.3. The van der Waals surface area contributed by atoms with Gasteiger partial charge in [-0.15, -0.1) is 0 Å². The molecule has 2 aromatic rings. The van der Waals surface area contributed by atoms with Gasteiger partial charge in [0.25, 0.3) is 0 Å². The van der Waals surface area contributed by atoms with Crippen molar-refractivity contribution in [2.24, 2.45) is 0 Å². The zero-order chi connectivity index (χ0) is 12.7. The fraction of sp³-hybridized carbons (Fsp3) is 0. The normalized spacial score (nSPS) is 8.94. The molecule has 0 saturated carbocycles. The van der Waals surface area contributed by atoms with E-state index in [1.807, 2.05) is 6.07 Å². The average Bonchev–Trinajstić information content (AvgIpc) is 2.29. The Bertz CT molecular complexity index is 458. The zero-order valence-electron chi connectivity index (χ0n) is 9.24. The van der Waals surface area contributed by atoms with E-state index in [4.69, 9.17) is 15.3 Å². The molecule has 0 fully saturated rings. The predicted molar refractivity (Wildman–Crippen MR) is 68.0 cm³/mol. The number of rotatable bonds is 1. The maximum absolute atomic E-state index is 8.92. The summed E-state index contributed by atoms with van der Waals surface area (Å²) in [5, 5.41) is 26.5. The highest BCUT2D eigenvalue weighted by Crippen LogP contribution is 2.20. The molecular weight excluding hydrogens is 216 g/mol. The lowest BCUT2D eigenvalue weighted by Crippen LogP contribution is -1.71. The number of phenols is 3. The fourth-order valence-electron chi connectivity index (χ4n) is 1.16. The van der Waals surface area contributed by atoms with Crippen LogP contribution in [0.15, 0.2) is 55.1 Å². The van der Waals surface area contributed by atoms with Crippen molar-refractivity contribution in [3.8, 4) is 17.2 Å². The lowest BCUT2D eigenvalue weighted by molar-refractivity contribution is 0.450. The molecule has 17 heavy (non-hydrogen) atoms. The quantitative estimate of drug-likeness (QED) is 0.705. The molecule has 0 aromatic heterocycles. The van der Waals surface area contributed by atoms with Crippen molar-refractivity contribution in [3.63, 3.8) is 0 Å². The SMILES string of the molecule is C=Cc1cc(O)cc(O)c1.Oc1ccccc1. The van der Waals surface area contributed by atoms with Gasteiger partial charge in [-0.3, -0.25) is 0 Å². The summed E-state index contributed by atoms with van der Waals surface area (Å²) in [6, 6.07) is 13.0. The second-order valence-electron chi connectivity index (χ2n) is 3.32. The summed E-state index contributed by atoms with van der Waals surface area (Å²) in [6.07, 6.45) is 1.56. The predicted octanol–water partition coefficient (Wildman–Crippen LogP) is 3.13. The molecule has 2 rings (SSSR count). The fourth-order valence-corrected chi connectivity index (χ4v) is 1.16. The number of hydrogen-bond donors (Lipinski definition) is 3. The van der Waals surface area contributed by atoms with Crippen molar-refractivity contribution < 1.29 is 15.3 Å². The number of para-hydroxylation sites is 1. The molecule has 0 unspecified atom stereocenters. The Kier molecular flexibility index (Phi) is 4.63. The van der Waals surface area contributed by atoms with Crippen molar-refractivity contribution in [1.29, 1.82) is 0 Å². The minimum absolute atomic E-state index is 0.0508. The first-order chi connectivity index (χ1) is 8.11. The molecule has 0 aliphatic heterocycles. The van der Waals surface area contributed by atoms with Gasteiger partial charge in [-0.2, -0.15) is 0 Å². The Morgan fingerprint density at radius 3 is 1.65 bits per heavy atom. The Hall–Kier alpha value is -2.42. The van der Waals surface area contributed by atoms with Crippen molar-refractivity contribution in [2.75, 3.05) is 0 Å². The van der Waals surface area contributed by atoms with Gasteiger partial charge < -0.3 is 15.3 Å². The van der Waals surface area contributed by atoms with E-state index in [2.05, 4.69) is 6.58 Å². The topological polar surface area (TPSA) is 60.7 Å². The monoisotopic (exact) mass is 230 g/mol. The smallest absolute Gasteiger partial charge is 0.119 e. The second kappa shape index (κ2) is 6.23. The van der Waals surface area contributed by atoms with Crippen molar-refractivity contribution in [3.05, 3.63) is 60.7 Å². The van der Waals surface area contributed by atoms with E-state index in [0.717, 1.165) is 0 Å². The highest BCUT2D eigenvalue weighted by Gasteiger charge is 1.93. The molecule has 0 atom stereocenters. The molecule has 2 aromatic carbocycles. The minimum atomic E-state index is 0.0508. The van der Waals surface area contributed by atoms with Gasteiger partial charge in [0.1, 0.15) is 17.2 Å². The molecule has 0 amide bonds. The molecule has 3 heteroatoms. The summed E-state index contributed by atoms with van der Waals surface area (Å²) in [7, 11) is 0. The summed E-state index contributed by atoms with van der Waals surface area (Å²) >= 11 is 0. The second-order valence-corrected chi connectivity index (χ2v) is 3.32. The van der Waals surface area contributed by atoms with E-state index in [1.54, 1.807) is 30.3 Å². The standard InChI is InChI=1S/C8H8O2.C6H6O/c1-2-6-3-7(9)5-8(10)4-6;7-6-4-2-1-3-5-6/h2-5,9-10H,1H2;1-5,7H. The molecule has 0 spiro atoms. The maximum Gasteiger partial charge on any atom is 0.119 e.